The number of nitrogens with zero attached hydrogens (tertiary/aromatic N) is 3. The first kappa shape index (κ1) is 21.8. The number of phenols is 1. The Labute approximate surface area is 189 Å². The van der Waals surface area contributed by atoms with Crippen molar-refractivity contribution >= 4 is 17.3 Å². The number of nitrogens with one attached hydrogen (secondary N) is 1. The molecule has 4 rings (SSSR count). The van der Waals surface area contributed by atoms with Gasteiger partial charge in [0.25, 0.3) is 5.56 Å². The van der Waals surface area contributed by atoms with Gasteiger partial charge < -0.3 is 10.2 Å². The molecule has 1 heterocycles. The average molecular weight is 442 g/mol. The van der Waals surface area contributed by atoms with E-state index < -0.39 is 11.5 Å². The Morgan fingerprint density at radius 1 is 0.939 bits per heavy atom. The molecule has 0 aliphatic heterocycles. The van der Waals surface area contributed by atoms with Crippen LogP contribution < -0.4 is 5.56 Å². The van der Waals surface area contributed by atoms with Gasteiger partial charge in [0.15, 0.2) is 11.4 Å². The zero-order valence-electron chi connectivity index (χ0n) is 18.3. The number of phenolic OH excluding ortho intramolecular Hbond substituents is 1. The first-order chi connectivity index (χ1) is 15.7. The van der Waals surface area contributed by atoms with Gasteiger partial charge in [0.2, 0.25) is 0 Å². The number of para-hydroxylation sites is 1. The second-order valence-corrected chi connectivity index (χ2v) is 7.83. The minimum Gasteiger partial charge on any atom is -0.505 e. The van der Waals surface area contributed by atoms with E-state index in [2.05, 4.69) is 21.4 Å². The summed E-state index contributed by atoms with van der Waals surface area (Å²) in [5, 5.41) is 31.1. The molecule has 0 aliphatic carbocycles. The van der Waals surface area contributed by atoms with Gasteiger partial charge in [-0.1, -0.05) is 47.5 Å². The first-order valence-electron chi connectivity index (χ1n) is 10.2. The number of carboxylic acid groups (broad SMARTS) is 1. The van der Waals surface area contributed by atoms with Gasteiger partial charge in [0, 0.05) is 5.56 Å². The predicted octanol–water partition coefficient (Wildman–Crippen LogP) is 5.58. The minimum atomic E-state index is -1.09. The van der Waals surface area contributed by atoms with Crippen LogP contribution in [0.1, 0.15) is 27.2 Å². The third-order valence-electron chi connectivity index (χ3n) is 5.20. The summed E-state index contributed by atoms with van der Waals surface area (Å²) in [6.07, 6.45) is 0. The molecule has 3 N–H and O–H groups in total. The van der Waals surface area contributed by atoms with Crippen LogP contribution in [0.5, 0.6) is 5.75 Å². The lowest BCUT2D eigenvalue weighted by Crippen LogP contribution is -2.14. The molecule has 0 spiro atoms. The Hall–Kier alpha value is -4.46. The molecule has 8 heteroatoms. The van der Waals surface area contributed by atoms with Crippen LogP contribution in [0.25, 0.3) is 16.8 Å². The van der Waals surface area contributed by atoms with E-state index >= 15 is 0 Å². The number of aromatic nitrogens is 2. The van der Waals surface area contributed by atoms with E-state index in [4.69, 9.17) is 0 Å². The lowest BCUT2D eigenvalue weighted by atomic mass is 9.99. The maximum atomic E-state index is 12.9. The maximum Gasteiger partial charge on any atom is 0.335 e. The number of aromatic hydroxyl groups is 1. The minimum absolute atomic E-state index is 0.0334. The van der Waals surface area contributed by atoms with E-state index in [1.165, 1.54) is 16.8 Å². The number of rotatable bonds is 5. The zero-order chi connectivity index (χ0) is 23.7. The fourth-order valence-electron chi connectivity index (χ4n) is 3.69. The van der Waals surface area contributed by atoms with Crippen LogP contribution in [0.3, 0.4) is 0 Å². The summed E-state index contributed by atoms with van der Waals surface area (Å²) in [5.74, 6) is -1.12. The topological polar surface area (TPSA) is 120 Å². The van der Waals surface area contributed by atoms with Crippen molar-refractivity contribution in [3.63, 3.8) is 0 Å². The summed E-state index contributed by atoms with van der Waals surface area (Å²) in [6.45, 7) is 5.64. The van der Waals surface area contributed by atoms with Gasteiger partial charge in [-0.05, 0) is 50.6 Å². The van der Waals surface area contributed by atoms with Crippen molar-refractivity contribution in [3.05, 3.63) is 93.4 Å². The highest BCUT2D eigenvalue weighted by Crippen LogP contribution is 2.38. The molecule has 8 nitrogen and oxygen atoms in total. The largest absolute Gasteiger partial charge is 0.505 e. The first-order valence-corrected chi connectivity index (χ1v) is 10.2. The molecule has 0 saturated carbocycles. The van der Waals surface area contributed by atoms with Crippen molar-refractivity contribution in [1.82, 2.24) is 9.78 Å². The van der Waals surface area contributed by atoms with Gasteiger partial charge in [-0.25, -0.2) is 9.48 Å². The van der Waals surface area contributed by atoms with Gasteiger partial charge in [0.1, 0.15) is 5.69 Å². The van der Waals surface area contributed by atoms with Crippen molar-refractivity contribution in [2.75, 3.05) is 0 Å². The molecule has 4 aromatic rings. The normalized spacial score (nSPS) is 11.2. The number of hydrogen-bond acceptors (Lipinski definition) is 5. The third-order valence-corrected chi connectivity index (χ3v) is 5.20. The Balaban J connectivity index is 1.72. The summed E-state index contributed by atoms with van der Waals surface area (Å²) in [4.78, 5) is 24.2. The number of H-pyrrole nitrogens is 1. The number of aryl methyl sites for hydroxylation is 3. The van der Waals surface area contributed by atoms with Crippen molar-refractivity contribution < 1.29 is 15.0 Å². The van der Waals surface area contributed by atoms with Crippen molar-refractivity contribution in [1.29, 1.82) is 0 Å². The molecular weight excluding hydrogens is 420 g/mol. The van der Waals surface area contributed by atoms with Crippen LogP contribution in [0.2, 0.25) is 0 Å². The molecule has 0 unspecified atom stereocenters. The molecule has 0 radical (unpaired) electrons. The predicted molar refractivity (Wildman–Crippen MR) is 125 cm³/mol. The molecule has 33 heavy (non-hydrogen) atoms. The van der Waals surface area contributed by atoms with E-state index in [1.807, 2.05) is 26.0 Å². The highest BCUT2D eigenvalue weighted by atomic mass is 16.4. The van der Waals surface area contributed by atoms with Crippen LogP contribution >= 0.6 is 0 Å². The number of benzene rings is 3. The number of hydrogen-bond donors (Lipinski definition) is 3. The number of carboxylic acids is 1. The molecule has 0 saturated heterocycles. The second kappa shape index (κ2) is 8.58. The monoisotopic (exact) mass is 442 g/mol. The van der Waals surface area contributed by atoms with E-state index in [9.17, 15) is 19.8 Å². The summed E-state index contributed by atoms with van der Waals surface area (Å²) < 4.78 is 1.21. The maximum absolute atomic E-state index is 12.9. The summed E-state index contributed by atoms with van der Waals surface area (Å²) >= 11 is 0. The van der Waals surface area contributed by atoms with Crippen LogP contribution in [-0.4, -0.2) is 26.0 Å². The third kappa shape index (κ3) is 4.31. The van der Waals surface area contributed by atoms with Crippen molar-refractivity contribution in [3.8, 4) is 22.6 Å². The van der Waals surface area contributed by atoms with Gasteiger partial charge in [0.05, 0.1) is 16.9 Å². The highest BCUT2D eigenvalue weighted by Gasteiger charge is 2.15. The Bertz CT molecular complexity index is 1440. The molecule has 1 aromatic heterocycles. The van der Waals surface area contributed by atoms with Crippen LogP contribution in [-0.2, 0) is 0 Å². The number of carbonyl (C=O) groups is 1. The van der Waals surface area contributed by atoms with Crippen molar-refractivity contribution in [2.45, 2.75) is 20.8 Å². The number of azo groups is 1. The lowest BCUT2D eigenvalue weighted by molar-refractivity contribution is 0.0697. The van der Waals surface area contributed by atoms with E-state index in [0.29, 0.717) is 16.9 Å². The molecule has 166 valence electrons. The fourth-order valence-corrected chi connectivity index (χ4v) is 3.69. The number of aromatic carboxylic acids is 1. The standard InChI is InChI=1S/C25H22N4O4/c1-14-10-15(2)12-18(11-14)20-8-5-9-21(23(20)30)26-27-22-16(3)28-29(24(22)31)19-7-4-6-17(13-19)25(32)33/h4-13,28,30H,1-3H3,(H,32,33). The molecule has 0 atom stereocenters. The van der Waals surface area contributed by atoms with Crippen LogP contribution in [0.15, 0.2) is 75.7 Å². The molecular formula is C25H22N4O4. The van der Waals surface area contributed by atoms with Crippen molar-refractivity contribution in [2.24, 2.45) is 10.2 Å². The van der Waals surface area contributed by atoms with Crippen LogP contribution in [0, 0.1) is 20.8 Å². The molecule has 0 aliphatic rings. The van der Waals surface area contributed by atoms with Gasteiger partial charge >= 0.3 is 5.97 Å². The summed E-state index contributed by atoms with van der Waals surface area (Å²) in [6, 6.07) is 17.2. The number of aromatic amines is 1. The Morgan fingerprint density at radius 2 is 1.64 bits per heavy atom. The second-order valence-electron chi connectivity index (χ2n) is 7.83. The highest BCUT2D eigenvalue weighted by molar-refractivity contribution is 5.88. The lowest BCUT2D eigenvalue weighted by Gasteiger charge is -2.08. The molecule has 3 aromatic carbocycles. The summed E-state index contributed by atoms with van der Waals surface area (Å²) in [5.41, 5.74) is 4.31. The molecule has 0 bridgehead atoms. The van der Waals surface area contributed by atoms with Gasteiger partial charge in [-0.15, -0.1) is 10.2 Å². The SMILES string of the molecule is Cc1cc(C)cc(-c2cccc(N=Nc3c(C)[nH]n(-c4cccc(C(=O)O)c4)c3=O)c2O)c1. The van der Waals surface area contributed by atoms with E-state index in [1.54, 1.807) is 37.3 Å². The fraction of sp³-hybridized carbons (Fsp3) is 0.120. The average Bonchev–Trinajstić information content (AvgIpc) is 3.06. The van der Waals surface area contributed by atoms with Crippen LogP contribution in [0.4, 0.5) is 11.4 Å². The van der Waals surface area contributed by atoms with Gasteiger partial charge in [-0.2, -0.15) is 0 Å². The molecule has 0 fully saturated rings. The van der Waals surface area contributed by atoms with Gasteiger partial charge in [-0.3, -0.25) is 9.89 Å². The molecule has 0 amide bonds. The Kier molecular flexibility index (Phi) is 5.66. The quantitative estimate of drug-likeness (QED) is 0.350. The zero-order valence-corrected chi connectivity index (χ0v) is 18.3. The Morgan fingerprint density at radius 3 is 2.33 bits per heavy atom. The van der Waals surface area contributed by atoms with E-state index in [-0.39, 0.29) is 22.7 Å². The summed E-state index contributed by atoms with van der Waals surface area (Å²) in [7, 11) is 0. The van der Waals surface area contributed by atoms with E-state index in [0.717, 1.165) is 16.7 Å². The smallest absolute Gasteiger partial charge is 0.335 e.